The van der Waals surface area contributed by atoms with Crippen LogP contribution in [0.2, 0.25) is 0 Å². The van der Waals surface area contributed by atoms with E-state index in [1.165, 1.54) is 70.1 Å². The highest BCUT2D eigenvalue weighted by atomic mass is 16.2. The molecule has 146 valence electrons. The van der Waals surface area contributed by atoms with E-state index in [-0.39, 0.29) is 5.91 Å². The number of carbonyl (C=O) groups is 1. The fourth-order valence-electron chi connectivity index (χ4n) is 5.32. The van der Waals surface area contributed by atoms with Gasteiger partial charge in [0, 0.05) is 24.7 Å². The van der Waals surface area contributed by atoms with Crippen LogP contribution in [0, 0.1) is 11.8 Å². The van der Waals surface area contributed by atoms with Gasteiger partial charge in [-0.15, -0.1) is 0 Å². The van der Waals surface area contributed by atoms with Gasteiger partial charge in [-0.3, -0.25) is 4.79 Å². The molecule has 2 aliphatic heterocycles. The highest BCUT2D eigenvalue weighted by Crippen LogP contribution is 2.39. The van der Waals surface area contributed by atoms with Gasteiger partial charge in [0.2, 0.25) is 0 Å². The van der Waals surface area contributed by atoms with Crippen molar-refractivity contribution in [3.05, 3.63) is 35.9 Å². The fourth-order valence-corrected chi connectivity index (χ4v) is 5.32. The second kappa shape index (κ2) is 7.79. The molecule has 1 aromatic carbocycles. The Hall–Kier alpha value is -1.61. The molecule has 1 saturated carbocycles. The first-order valence-corrected chi connectivity index (χ1v) is 10.9. The van der Waals surface area contributed by atoms with Crippen molar-refractivity contribution in [2.24, 2.45) is 11.8 Å². The largest absolute Gasteiger partial charge is 0.311 e. The molecule has 0 aromatic heterocycles. The van der Waals surface area contributed by atoms with Gasteiger partial charge in [-0.05, 0) is 68.2 Å². The third-order valence-corrected chi connectivity index (χ3v) is 7.22. The Balaban J connectivity index is 1.35. The van der Waals surface area contributed by atoms with Crippen molar-refractivity contribution in [1.29, 1.82) is 0 Å². The zero-order valence-corrected chi connectivity index (χ0v) is 17.0. The number of likely N-dealkylation sites (tertiary alicyclic amines) is 1. The summed E-state index contributed by atoms with van der Waals surface area (Å²) in [7, 11) is 1.86. The maximum atomic E-state index is 12.1. The molecule has 3 aliphatic rings. The summed E-state index contributed by atoms with van der Waals surface area (Å²) in [6, 6.07) is 6.56. The summed E-state index contributed by atoms with van der Waals surface area (Å²) in [4.78, 5) is 16.6. The average Bonchev–Trinajstić information content (AvgIpc) is 2.82. The van der Waals surface area contributed by atoms with Crippen molar-refractivity contribution in [2.45, 2.75) is 57.8 Å². The fraction of sp³-hybridized carbons (Fsp3) is 0.625. The summed E-state index contributed by atoms with van der Waals surface area (Å²) in [5.74, 6) is 2.51. The number of benzene rings is 1. The summed E-state index contributed by atoms with van der Waals surface area (Å²) in [6.45, 7) is 10.1. The minimum absolute atomic E-state index is 0.0367. The quantitative estimate of drug-likeness (QED) is 0.551. The third-order valence-electron chi connectivity index (χ3n) is 7.22. The number of fused-ring (bicyclic) bond motifs is 1. The molecule has 1 amide bonds. The molecular formula is C24H34N2O. The van der Waals surface area contributed by atoms with Crippen molar-refractivity contribution in [3.63, 3.8) is 0 Å². The number of amides is 1. The lowest BCUT2D eigenvalue weighted by atomic mass is 9.87. The summed E-state index contributed by atoms with van der Waals surface area (Å²) >= 11 is 0. The Kier molecular flexibility index (Phi) is 5.41. The monoisotopic (exact) mass is 366 g/mol. The number of carbonyl (C=O) groups excluding carboxylic acids is 1. The molecular weight excluding hydrogens is 332 g/mol. The number of likely N-dealkylation sites (N-methyl/N-ethyl adjacent to an activating group) is 1. The molecule has 1 saturated heterocycles. The van der Waals surface area contributed by atoms with E-state index in [0.29, 0.717) is 11.5 Å². The smallest absolute Gasteiger partial charge is 0.258 e. The Bertz CT molecular complexity index is 717. The summed E-state index contributed by atoms with van der Waals surface area (Å²) in [5.41, 5.74) is 4.07. The standard InChI is InChI=1S/C24H34N2O/c1-17-5-4-6-19(8-7-17)16-26-13-11-20(12-14-26)21-9-10-22-18(2)24(27)25(3)23(22)15-21/h9-10,15,17,19-20H,2,4-8,11-14,16H2,1,3H3. The second-order valence-electron chi connectivity index (χ2n) is 9.17. The van der Waals surface area contributed by atoms with Crippen molar-refractivity contribution in [2.75, 3.05) is 31.6 Å². The lowest BCUT2D eigenvalue weighted by Gasteiger charge is -2.34. The maximum absolute atomic E-state index is 12.1. The van der Waals surface area contributed by atoms with Crippen LogP contribution in [-0.2, 0) is 4.79 Å². The summed E-state index contributed by atoms with van der Waals surface area (Å²) < 4.78 is 0. The minimum atomic E-state index is 0.0367. The highest BCUT2D eigenvalue weighted by molar-refractivity contribution is 6.31. The molecule has 3 nitrogen and oxygen atoms in total. The van der Waals surface area contributed by atoms with Crippen LogP contribution < -0.4 is 4.90 Å². The van der Waals surface area contributed by atoms with E-state index in [2.05, 4.69) is 36.6 Å². The van der Waals surface area contributed by atoms with Gasteiger partial charge in [0.25, 0.3) is 5.91 Å². The molecule has 1 aliphatic carbocycles. The number of anilines is 1. The van der Waals surface area contributed by atoms with E-state index in [4.69, 9.17) is 0 Å². The zero-order chi connectivity index (χ0) is 19.0. The van der Waals surface area contributed by atoms with Gasteiger partial charge in [0.05, 0.1) is 5.69 Å². The van der Waals surface area contributed by atoms with Crippen molar-refractivity contribution in [1.82, 2.24) is 4.90 Å². The number of hydrogen-bond acceptors (Lipinski definition) is 2. The first-order valence-electron chi connectivity index (χ1n) is 10.9. The van der Waals surface area contributed by atoms with Crippen molar-refractivity contribution < 1.29 is 4.79 Å². The molecule has 3 heteroatoms. The van der Waals surface area contributed by atoms with Crippen LogP contribution >= 0.6 is 0 Å². The van der Waals surface area contributed by atoms with Gasteiger partial charge in [-0.1, -0.05) is 44.9 Å². The molecule has 0 radical (unpaired) electrons. The van der Waals surface area contributed by atoms with Crippen molar-refractivity contribution >= 4 is 17.2 Å². The minimum Gasteiger partial charge on any atom is -0.311 e. The molecule has 2 unspecified atom stereocenters. The van der Waals surface area contributed by atoms with E-state index >= 15 is 0 Å². The molecule has 1 aromatic rings. The number of hydrogen-bond donors (Lipinski definition) is 0. The van der Waals surface area contributed by atoms with Crippen LogP contribution in [0.25, 0.3) is 5.57 Å². The third kappa shape index (κ3) is 3.85. The van der Waals surface area contributed by atoms with Crippen LogP contribution in [0.5, 0.6) is 0 Å². The van der Waals surface area contributed by atoms with E-state index in [0.717, 1.165) is 23.1 Å². The van der Waals surface area contributed by atoms with E-state index < -0.39 is 0 Å². The van der Waals surface area contributed by atoms with E-state index in [9.17, 15) is 4.79 Å². The predicted molar refractivity (Wildman–Crippen MR) is 113 cm³/mol. The number of rotatable bonds is 3. The van der Waals surface area contributed by atoms with Gasteiger partial charge in [0.1, 0.15) is 0 Å². The lowest BCUT2D eigenvalue weighted by molar-refractivity contribution is -0.112. The maximum Gasteiger partial charge on any atom is 0.258 e. The van der Waals surface area contributed by atoms with Gasteiger partial charge >= 0.3 is 0 Å². The van der Waals surface area contributed by atoms with Crippen LogP contribution in [0.15, 0.2) is 24.8 Å². The van der Waals surface area contributed by atoms with Crippen LogP contribution in [0.4, 0.5) is 5.69 Å². The van der Waals surface area contributed by atoms with Crippen LogP contribution in [0.3, 0.4) is 0 Å². The number of nitrogens with zero attached hydrogens (tertiary/aromatic N) is 2. The van der Waals surface area contributed by atoms with E-state index in [1.807, 2.05) is 7.05 Å². The molecule has 2 fully saturated rings. The normalized spacial score (nSPS) is 27.7. The molecule has 2 atom stereocenters. The molecule has 0 N–H and O–H groups in total. The first kappa shape index (κ1) is 18.7. The van der Waals surface area contributed by atoms with Crippen LogP contribution in [-0.4, -0.2) is 37.5 Å². The van der Waals surface area contributed by atoms with Gasteiger partial charge < -0.3 is 9.80 Å². The first-order chi connectivity index (χ1) is 13.0. The predicted octanol–water partition coefficient (Wildman–Crippen LogP) is 5.07. The summed E-state index contributed by atoms with van der Waals surface area (Å²) in [5, 5.41) is 0. The Morgan fingerprint density at radius 1 is 1.07 bits per heavy atom. The molecule has 27 heavy (non-hydrogen) atoms. The molecule has 0 spiro atoms. The molecule has 4 rings (SSSR count). The van der Waals surface area contributed by atoms with Gasteiger partial charge in [0.15, 0.2) is 0 Å². The Morgan fingerprint density at radius 3 is 2.63 bits per heavy atom. The van der Waals surface area contributed by atoms with Crippen LogP contribution in [0.1, 0.15) is 68.9 Å². The van der Waals surface area contributed by atoms with E-state index in [1.54, 1.807) is 4.90 Å². The zero-order valence-electron chi connectivity index (χ0n) is 17.0. The summed E-state index contributed by atoms with van der Waals surface area (Å²) in [6.07, 6.45) is 9.61. The molecule has 2 heterocycles. The second-order valence-corrected chi connectivity index (χ2v) is 9.17. The highest BCUT2D eigenvalue weighted by Gasteiger charge is 2.30. The Labute approximate surface area is 164 Å². The molecule has 0 bridgehead atoms. The topological polar surface area (TPSA) is 23.6 Å². The lowest BCUT2D eigenvalue weighted by Crippen LogP contribution is -2.36. The SMILES string of the molecule is C=C1C(=O)N(C)c2cc(C3CCN(CC4CCCC(C)CC4)CC3)ccc21. The average molecular weight is 367 g/mol. The number of piperidine rings is 1. The van der Waals surface area contributed by atoms with Gasteiger partial charge in [-0.2, -0.15) is 0 Å². The van der Waals surface area contributed by atoms with Crippen molar-refractivity contribution in [3.8, 4) is 0 Å². The Morgan fingerprint density at radius 2 is 1.85 bits per heavy atom. The van der Waals surface area contributed by atoms with Gasteiger partial charge in [-0.25, -0.2) is 0 Å².